The van der Waals surface area contributed by atoms with Crippen molar-refractivity contribution in [3.63, 3.8) is 0 Å². The molecular formula is C12H15Cl2NO. The predicted octanol–water partition coefficient (Wildman–Crippen LogP) is 4.40. The first-order valence-corrected chi connectivity index (χ1v) is 6.18. The van der Waals surface area contributed by atoms with Gasteiger partial charge in [0.2, 0.25) is 0 Å². The molecule has 0 radical (unpaired) electrons. The number of hydrogen-bond donors (Lipinski definition) is 0. The van der Waals surface area contributed by atoms with Crippen LogP contribution in [0.1, 0.15) is 43.6 Å². The molecule has 1 aromatic heterocycles. The van der Waals surface area contributed by atoms with E-state index in [4.69, 9.17) is 23.2 Å². The molecule has 4 heteroatoms. The Morgan fingerprint density at radius 3 is 2.50 bits per heavy atom. The van der Waals surface area contributed by atoms with Gasteiger partial charge in [0, 0.05) is 12.6 Å². The number of Topliss-reactive ketones (excluding diaryl/α,β-unsaturated/α-hetero) is 1. The van der Waals surface area contributed by atoms with Crippen LogP contribution >= 0.6 is 23.2 Å². The Kier molecular flexibility index (Phi) is 5.23. The van der Waals surface area contributed by atoms with Crippen molar-refractivity contribution in [1.82, 2.24) is 4.98 Å². The highest BCUT2D eigenvalue weighted by atomic mass is 35.5. The van der Waals surface area contributed by atoms with E-state index in [9.17, 15) is 4.79 Å². The number of halogens is 2. The molecule has 0 aliphatic carbocycles. The summed E-state index contributed by atoms with van der Waals surface area (Å²) in [5, 5.41) is 0.785. The van der Waals surface area contributed by atoms with Crippen LogP contribution in [0.25, 0.3) is 0 Å². The van der Waals surface area contributed by atoms with Crippen molar-refractivity contribution in [2.24, 2.45) is 5.92 Å². The lowest BCUT2D eigenvalue weighted by atomic mass is 9.96. The third-order valence-electron chi connectivity index (χ3n) is 2.70. The van der Waals surface area contributed by atoms with E-state index < -0.39 is 0 Å². The Morgan fingerprint density at radius 2 is 2.00 bits per heavy atom. The smallest absolute Gasteiger partial charge is 0.182 e. The van der Waals surface area contributed by atoms with Crippen molar-refractivity contribution in [3.8, 4) is 0 Å². The Morgan fingerprint density at radius 1 is 1.38 bits per heavy atom. The molecule has 0 bridgehead atoms. The standard InChI is InChI=1S/C12H15Cl2NO/c1-3-8(4-2)5-11(16)12-10(14)6-9(13)7-15-12/h6-8H,3-5H2,1-2H3. The topological polar surface area (TPSA) is 30.0 Å². The highest BCUT2D eigenvalue weighted by Crippen LogP contribution is 2.22. The van der Waals surface area contributed by atoms with Gasteiger partial charge in [-0.3, -0.25) is 9.78 Å². The van der Waals surface area contributed by atoms with Gasteiger partial charge in [0.25, 0.3) is 0 Å². The minimum atomic E-state index is -0.00429. The lowest BCUT2D eigenvalue weighted by Crippen LogP contribution is -2.09. The largest absolute Gasteiger partial charge is 0.292 e. The second-order valence-electron chi connectivity index (χ2n) is 3.79. The fourth-order valence-electron chi connectivity index (χ4n) is 1.56. The van der Waals surface area contributed by atoms with Gasteiger partial charge in [0.15, 0.2) is 5.78 Å². The van der Waals surface area contributed by atoms with E-state index in [2.05, 4.69) is 18.8 Å². The van der Waals surface area contributed by atoms with Crippen LogP contribution in [-0.4, -0.2) is 10.8 Å². The van der Waals surface area contributed by atoms with Crippen molar-refractivity contribution in [3.05, 3.63) is 28.0 Å². The van der Waals surface area contributed by atoms with Gasteiger partial charge in [-0.15, -0.1) is 0 Å². The van der Waals surface area contributed by atoms with Gasteiger partial charge in [-0.05, 0) is 12.0 Å². The van der Waals surface area contributed by atoms with Crippen molar-refractivity contribution < 1.29 is 4.79 Å². The molecular weight excluding hydrogens is 245 g/mol. The van der Waals surface area contributed by atoms with E-state index in [1.54, 1.807) is 6.07 Å². The summed E-state index contributed by atoms with van der Waals surface area (Å²) in [5.41, 5.74) is 0.331. The first-order chi connectivity index (χ1) is 7.58. The van der Waals surface area contributed by atoms with E-state index in [1.807, 2.05) is 0 Å². The minimum absolute atomic E-state index is 0.00429. The number of hydrogen-bond acceptors (Lipinski definition) is 2. The van der Waals surface area contributed by atoms with Gasteiger partial charge in [-0.1, -0.05) is 49.9 Å². The normalized spacial score (nSPS) is 10.8. The third-order valence-corrected chi connectivity index (χ3v) is 3.20. The van der Waals surface area contributed by atoms with Crippen LogP contribution < -0.4 is 0 Å². The summed E-state index contributed by atoms with van der Waals surface area (Å²) in [6.45, 7) is 4.16. The molecule has 1 rings (SSSR count). The summed E-state index contributed by atoms with van der Waals surface area (Å²) in [6.07, 6.45) is 3.94. The number of pyridine rings is 1. The molecule has 0 saturated heterocycles. The van der Waals surface area contributed by atoms with Crippen LogP contribution in [0.5, 0.6) is 0 Å². The molecule has 1 aromatic rings. The van der Waals surface area contributed by atoms with Gasteiger partial charge in [0.05, 0.1) is 10.0 Å². The zero-order valence-electron chi connectivity index (χ0n) is 9.46. The summed E-state index contributed by atoms with van der Waals surface area (Å²) in [4.78, 5) is 15.9. The molecule has 16 heavy (non-hydrogen) atoms. The van der Waals surface area contributed by atoms with Crippen LogP contribution in [0.15, 0.2) is 12.3 Å². The van der Waals surface area contributed by atoms with Crippen molar-refractivity contribution in [2.45, 2.75) is 33.1 Å². The quantitative estimate of drug-likeness (QED) is 0.734. The first kappa shape index (κ1) is 13.5. The summed E-state index contributed by atoms with van der Waals surface area (Å²) in [7, 11) is 0. The average molecular weight is 260 g/mol. The summed E-state index contributed by atoms with van der Waals surface area (Å²) < 4.78 is 0. The number of aromatic nitrogens is 1. The summed E-state index contributed by atoms with van der Waals surface area (Å²) in [5.74, 6) is 0.399. The average Bonchev–Trinajstić information content (AvgIpc) is 2.25. The first-order valence-electron chi connectivity index (χ1n) is 5.42. The van der Waals surface area contributed by atoms with Gasteiger partial charge >= 0.3 is 0 Å². The number of nitrogens with zero attached hydrogens (tertiary/aromatic N) is 1. The van der Waals surface area contributed by atoms with Crippen LogP contribution in [0.2, 0.25) is 10.0 Å². The predicted molar refractivity (Wildman–Crippen MR) is 67.3 cm³/mol. The lowest BCUT2D eigenvalue weighted by Gasteiger charge is -2.11. The molecule has 0 amide bonds. The molecule has 0 saturated carbocycles. The molecule has 0 atom stereocenters. The van der Waals surface area contributed by atoms with Crippen LogP contribution in [0, 0.1) is 5.92 Å². The maximum atomic E-state index is 11.9. The van der Waals surface area contributed by atoms with E-state index in [1.165, 1.54) is 6.20 Å². The Bertz CT molecular complexity index is 375. The van der Waals surface area contributed by atoms with Crippen molar-refractivity contribution in [2.75, 3.05) is 0 Å². The summed E-state index contributed by atoms with van der Waals surface area (Å²) >= 11 is 11.7. The molecule has 1 heterocycles. The third kappa shape index (κ3) is 3.46. The Hall–Kier alpha value is -0.600. The highest BCUT2D eigenvalue weighted by molar-refractivity contribution is 6.36. The number of ketones is 1. The second-order valence-corrected chi connectivity index (χ2v) is 4.64. The summed E-state index contributed by atoms with van der Waals surface area (Å²) in [6, 6.07) is 1.55. The zero-order chi connectivity index (χ0) is 12.1. The van der Waals surface area contributed by atoms with E-state index in [0.29, 0.717) is 28.1 Å². The molecule has 88 valence electrons. The van der Waals surface area contributed by atoms with Gasteiger partial charge in [0.1, 0.15) is 5.69 Å². The van der Waals surface area contributed by atoms with Gasteiger partial charge in [-0.25, -0.2) is 0 Å². The molecule has 0 aliphatic rings. The minimum Gasteiger partial charge on any atom is -0.292 e. The Balaban J connectivity index is 2.80. The van der Waals surface area contributed by atoms with E-state index in [0.717, 1.165) is 12.8 Å². The van der Waals surface area contributed by atoms with Crippen molar-refractivity contribution >= 4 is 29.0 Å². The number of carbonyl (C=O) groups is 1. The molecule has 0 aliphatic heterocycles. The maximum Gasteiger partial charge on any atom is 0.182 e. The SMILES string of the molecule is CCC(CC)CC(=O)c1ncc(Cl)cc1Cl. The molecule has 0 unspecified atom stereocenters. The monoisotopic (exact) mass is 259 g/mol. The number of rotatable bonds is 5. The van der Waals surface area contributed by atoms with Gasteiger partial charge in [-0.2, -0.15) is 0 Å². The van der Waals surface area contributed by atoms with Crippen LogP contribution in [0.4, 0.5) is 0 Å². The van der Waals surface area contributed by atoms with Crippen LogP contribution in [-0.2, 0) is 0 Å². The molecule has 0 spiro atoms. The molecule has 0 fully saturated rings. The fraction of sp³-hybridized carbons (Fsp3) is 0.500. The maximum absolute atomic E-state index is 11.9. The number of carbonyl (C=O) groups excluding carboxylic acids is 1. The van der Waals surface area contributed by atoms with Gasteiger partial charge < -0.3 is 0 Å². The molecule has 0 N–H and O–H groups in total. The van der Waals surface area contributed by atoms with Crippen molar-refractivity contribution in [1.29, 1.82) is 0 Å². The fourth-order valence-corrected chi connectivity index (χ4v) is 2.04. The molecule has 2 nitrogen and oxygen atoms in total. The highest BCUT2D eigenvalue weighted by Gasteiger charge is 2.16. The van der Waals surface area contributed by atoms with Crippen LogP contribution in [0.3, 0.4) is 0 Å². The van der Waals surface area contributed by atoms with E-state index >= 15 is 0 Å². The Labute approximate surface area is 106 Å². The van der Waals surface area contributed by atoms with E-state index in [-0.39, 0.29) is 5.78 Å². The zero-order valence-corrected chi connectivity index (χ0v) is 11.0. The molecule has 0 aromatic carbocycles. The lowest BCUT2D eigenvalue weighted by molar-refractivity contribution is 0.0954. The second kappa shape index (κ2) is 6.21.